The number of carbonyl (C=O) groups is 1. The van der Waals surface area contributed by atoms with Crippen molar-refractivity contribution in [2.75, 3.05) is 13.2 Å². The van der Waals surface area contributed by atoms with Crippen molar-refractivity contribution in [3.05, 3.63) is 47.2 Å². The second-order valence-electron chi connectivity index (χ2n) is 4.86. The van der Waals surface area contributed by atoms with Crippen molar-refractivity contribution in [3.8, 4) is 5.88 Å². The van der Waals surface area contributed by atoms with E-state index in [9.17, 15) is 4.79 Å². The van der Waals surface area contributed by atoms with Crippen molar-refractivity contribution in [1.29, 1.82) is 0 Å². The van der Waals surface area contributed by atoms with Gasteiger partial charge in [0.25, 0.3) is 0 Å². The van der Waals surface area contributed by atoms with E-state index >= 15 is 0 Å². The molecular weight excluding hydrogens is 254 g/mol. The van der Waals surface area contributed by atoms with Crippen LogP contribution in [-0.4, -0.2) is 24.2 Å². The Morgan fingerprint density at radius 2 is 1.75 bits per heavy atom. The van der Waals surface area contributed by atoms with Gasteiger partial charge in [0.15, 0.2) is 0 Å². The summed E-state index contributed by atoms with van der Waals surface area (Å²) in [6.45, 7) is 8.66. The highest BCUT2D eigenvalue weighted by Gasteiger charge is 2.07. The summed E-state index contributed by atoms with van der Waals surface area (Å²) in [7, 11) is 0. The van der Waals surface area contributed by atoms with Crippen LogP contribution in [0.25, 0.3) is 0 Å². The third-order valence-electron chi connectivity index (χ3n) is 2.40. The van der Waals surface area contributed by atoms with Gasteiger partial charge in [-0.25, -0.2) is 9.78 Å². The fourth-order valence-corrected chi connectivity index (χ4v) is 1.25. The number of aromatic nitrogens is 1. The molecule has 0 aliphatic rings. The summed E-state index contributed by atoms with van der Waals surface area (Å²) in [5.74, 6) is 0.106. The Morgan fingerprint density at radius 3 is 2.30 bits per heavy atom. The summed E-state index contributed by atoms with van der Waals surface area (Å²) in [6, 6.07) is 3.31. The number of hydrogen-bond donors (Lipinski definition) is 0. The number of carbonyl (C=O) groups excluding carboxylic acids is 1. The molecule has 0 aliphatic carbocycles. The summed E-state index contributed by atoms with van der Waals surface area (Å²) < 4.78 is 10.5. The lowest BCUT2D eigenvalue weighted by atomic mass is 10.3. The molecule has 1 aromatic heterocycles. The summed E-state index contributed by atoms with van der Waals surface area (Å²) in [4.78, 5) is 15.8. The van der Waals surface area contributed by atoms with Crippen LogP contribution >= 0.6 is 0 Å². The first-order valence-electron chi connectivity index (χ1n) is 6.51. The van der Waals surface area contributed by atoms with Crippen LogP contribution in [0.3, 0.4) is 0 Å². The number of pyridine rings is 1. The number of ether oxygens (including phenoxy) is 2. The molecule has 0 atom stereocenters. The average molecular weight is 275 g/mol. The van der Waals surface area contributed by atoms with Crippen molar-refractivity contribution < 1.29 is 14.3 Å². The van der Waals surface area contributed by atoms with Crippen molar-refractivity contribution in [2.24, 2.45) is 0 Å². The van der Waals surface area contributed by atoms with Crippen LogP contribution in [0.1, 0.15) is 38.1 Å². The lowest BCUT2D eigenvalue weighted by Gasteiger charge is -2.04. The van der Waals surface area contributed by atoms with E-state index in [4.69, 9.17) is 9.47 Å². The lowest BCUT2D eigenvalue weighted by Crippen LogP contribution is -2.06. The predicted octanol–water partition coefficient (Wildman–Crippen LogP) is 3.55. The Hall–Kier alpha value is -2.10. The molecule has 0 amide bonds. The first-order valence-corrected chi connectivity index (χ1v) is 6.51. The van der Waals surface area contributed by atoms with E-state index in [1.807, 2.05) is 39.8 Å². The molecule has 0 spiro atoms. The van der Waals surface area contributed by atoms with Gasteiger partial charge in [0.05, 0.1) is 5.56 Å². The summed E-state index contributed by atoms with van der Waals surface area (Å²) in [5, 5.41) is 0. The third kappa shape index (κ3) is 6.18. The Morgan fingerprint density at radius 1 is 1.10 bits per heavy atom. The van der Waals surface area contributed by atoms with Gasteiger partial charge in [-0.15, -0.1) is 0 Å². The monoisotopic (exact) mass is 275 g/mol. The minimum Gasteiger partial charge on any atom is -0.473 e. The molecule has 0 aliphatic heterocycles. The Bertz CT molecular complexity index is 493. The van der Waals surface area contributed by atoms with Crippen LogP contribution in [-0.2, 0) is 4.74 Å². The Balaban J connectivity index is 2.51. The molecule has 1 aromatic rings. The van der Waals surface area contributed by atoms with Crippen LogP contribution in [0.4, 0.5) is 0 Å². The van der Waals surface area contributed by atoms with Crippen LogP contribution in [0.2, 0.25) is 0 Å². The average Bonchev–Trinajstić information content (AvgIpc) is 2.38. The first-order chi connectivity index (χ1) is 9.49. The highest BCUT2D eigenvalue weighted by molar-refractivity contribution is 5.89. The van der Waals surface area contributed by atoms with Crippen molar-refractivity contribution >= 4 is 5.97 Å². The fraction of sp³-hybridized carbons (Fsp3) is 0.375. The SMILES string of the molecule is CC(C)=CCOC(=O)c1ccc(OCC=C(C)C)nc1. The molecular formula is C16H21NO3. The molecule has 4 nitrogen and oxygen atoms in total. The van der Waals surface area contributed by atoms with Gasteiger partial charge < -0.3 is 9.47 Å². The van der Waals surface area contributed by atoms with Crippen molar-refractivity contribution in [1.82, 2.24) is 4.98 Å². The van der Waals surface area contributed by atoms with Gasteiger partial charge in [0.2, 0.25) is 5.88 Å². The van der Waals surface area contributed by atoms with Crippen LogP contribution in [0, 0.1) is 0 Å². The summed E-state index contributed by atoms with van der Waals surface area (Å²) in [5.41, 5.74) is 2.71. The van der Waals surface area contributed by atoms with Gasteiger partial charge in [0, 0.05) is 12.3 Å². The van der Waals surface area contributed by atoms with E-state index in [0.717, 1.165) is 5.57 Å². The van der Waals surface area contributed by atoms with Crippen LogP contribution in [0.15, 0.2) is 41.6 Å². The topological polar surface area (TPSA) is 48.4 Å². The fourth-order valence-electron chi connectivity index (χ4n) is 1.25. The minimum absolute atomic E-state index is 0.278. The Labute approximate surface area is 120 Å². The van der Waals surface area contributed by atoms with Crippen LogP contribution in [0.5, 0.6) is 5.88 Å². The summed E-state index contributed by atoms with van der Waals surface area (Å²) in [6.07, 6.45) is 5.27. The van der Waals surface area contributed by atoms with Gasteiger partial charge in [-0.05, 0) is 45.9 Å². The molecule has 20 heavy (non-hydrogen) atoms. The highest BCUT2D eigenvalue weighted by atomic mass is 16.5. The molecule has 4 heteroatoms. The molecule has 1 heterocycles. The highest BCUT2D eigenvalue weighted by Crippen LogP contribution is 2.09. The lowest BCUT2D eigenvalue weighted by molar-refractivity contribution is 0.0548. The van der Waals surface area contributed by atoms with Crippen molar-refractivity contribution in [3.63, 3.8) is 0 Å². The number of rotatable bonds is 6. The standard InChI is InChI=1S/C16H21NO3/c1-12(2)7-9-19-15-6-5-14(11-17-15)16(18)20-10-8-13(3)4/h5-8,11H,9-10H2,1-4H3. The van der Waals surface area contributed by atoms with E-state index in [1.54, 1.807) is 12.1 Å². The summed E-state index contributed by atoms with van der Waals surface area (Å²) >= 11 is 0. The normalized spacial score (nSPS) is 9.60. The van der Waals surface area contributed by atoms with Gasteiger partial charge >= 0.3 is 5.97 Å². The second-order valence-corrected chi connectivity index (χ2v) is 4.86. The zero-order chi connectivity index (χ0) is 15.0. The first kappa shape index (κ1) is 16.0. The van der Waals surface area contributed by atoms with E-state index in [0.29, 0.717) is 18.1 Å². The second kappa shape index (κ2) is 8.15. The number of hydrogen-bond acceptors (Lipinski definition) is 4. The quantitative estimate of drug-likeness (QED) is 0.588. The van der Waals surface area contributed by atoms with E-state index in [1.165, 1.54) is 11.8 Å². The zero-order valence-electron chi connectivity index (χ0n) is 12.5. The number of nitrogens with zero attached hydrogens (tertiary/aromatic N) is 1. The molecule has 0 fully saturated rings. The van der Waals surface area contributed by atoms with E-state index in [-0.39, 0.29) is 12.6 Å². The smallest absolute Gasteiger partial charge is 0.340 e. The maximum atomic E-state index is 11.7. The molecule has 0 bridgehead atoms. The predicted molar refractivity (Wildman–Crippen MR) is 78.9 cm³/mol. The van der Waals surface area contributed by atoms with Gasteiger partial charge in [-0.1, -0.05) is 11.1 Å². The van der Waals surface area contributed by atoms with Gasteiger partial charge in [0.1, 0.15) is 13.2 Å². The van der Waals surface area contributed by atoms with Crippen LogP contribution < -0.4 is 4.74 Å². The molecule has 0 N–H and O–H groups in total. The molecule has 108 valence electrons. The van der Waals surface area contributed by atoms with Gasteiger partial charge in [-0.3, -0.25) is 0 Å². The Kier molecular flexibility index (Phi) is 6.50. The number of allylic oxidation sites excluding steroid dienone is 2. The molecule has 0 aromatic carbocycles. The zero-order valence-corrected chi connectivity index (χ0v) is 12.5. The van der Waals surface area contributed by atoms with Gasteiger partial charge in [-0.2, -0.15) is 0 Å². The molecule has 0 radical (unpaired) electrons. The maximum absolute atomic E-state index is 11.7. The van der Waals surface area contributed by atoms with Crippen molar-refractivity contribution in [2.45, 2.75) is 27.7 Å². The molecule has 1 rings (SSSR count). The largest absolute Gasteiger partial charge is 0.473 e. The minimum atomic E-state index is -0.383. The third-order valence-corrected chi connectivity index (χ3v) is 2.40. The van der Waals surface area contributed by atoms with E-state index < -0.39 is 0 Å². The molecule has 0 saturated heterocycles. The molecule has 0 saturated carbocycles. The number of esters is 1. The molecule has 0 unspecified atom stereocenters. The maximum Gasteiger partial charge on any atom is 0.340 e. The van der Waals surface area contributed by atoms with E-state index in [2.05, 4.69) is 4.98 Å².